The Morgan fingerprint density at radius 1 is 0.821 bits per heavy atom. The average Bonchev–Trinajstić information content (AvgIpc) is 2.97. The van der Waals surface area contributed by atoms with Crippen LogP contribution in [0.2, 0.25) is 19.6 Å². The summed E-state index contributed by atoms with van der Waals surface area (Å²) in [4.78, 5) is 0. The van der Waals surface area contributed by atoms with E-state index >= 15 is 0 Å². The second-order valence-corrected chi connectivity index (χ2v) is 13.3. The number of fused-ring (bicyclic) bond motifs is 6. The van der Waals surface area contributed by atoms with Crippen LogP contribution in [0.25, 0.3) is 32.7 Å². The quantitative estimate of drug-likeness (QED) is 0.217. The Kier molecular flexibility index (Phi) is 3.74. The Labute approximate surface area is 166 Å². The third kappa shape index (κ3) is 2.59. The summed E-state index contributed by atoms with van der Waals surface area (Å²) in [6, 6.07) is 23.2. The van der Waals surface area contributed by atoms with Gasteiger partial charge in [0.2, 0.25) is 0 Å². The molecule has 0 fully saturated rings. The SMILES string of the molecule is C[Si](C)(C)C#Cc1c2c(cc3ccc4ccccc4c13)-c1ccccc1C2O. The Morgan fingerprint density at radius 3 is 2.36 bits per heavy atom. The van der Waals surface area contributed by atoms with Crippen molar-refractivity contribution in [3.05, 3.63) is 83.4 Å². The van der Waals surface area contributed by atoms with Crippen molar-refractivity contribution >= 4 is 29.6 Å². The van der Waals surface area contributed by atoms with Gasteiger partial charge in [-0.2, -0.15) is 0 Å². The molecule has 0 heterocycles. The van der Waals surface area contributed by atoms with Crippen LogP contribution in [0.3, 0.4) is 0 Å². The topological polar surface area (TPSA) is 20.2 Å². The first-order valence-corrected chi connectivity index (χ1v) is 13.2. The predicted molar refractivity (Wildman–Crippen MR) is 121 cm³/mol. The highest BCUT2D eigenvalue weighted by Gasteiger charge is 2.30. The van der Waals surface area contributed by atoms with E-state index in [1.807, 2.05) is 18.2 Å². The van der Waals surface area contributed by atoms with E-state index in [0.717, 1.165) is 33.2 Å². The first-order valence-electron chi connectivity index (χ1n) is 9.73. The average molecular weight is 379 g/mol. The monoisotopic (exact) mass is 378 g/mol. The molecule has 1 unspecified atom stereocenters. The fourth-order valence-corrected chi connectivity index (χ4v) is 4.71. The van der Waals surface area contributed by atoms with Gasteiger partial charge in [-0.1, -0.05) is 86.2 Å². The van der Waals surface area contributed by atoms with Crippen LogP contribution >= 0.6 is 0 Å². The largest absolute Gasteiger partial charge is 0.384 e. The van der Waals surface area contributed by atoms with Gasteiger partial charge in [-0.15, -0.1) is 5.54 Å². The molecule has 0 aromatic heterocycles. The molecule has 4 aromatic rings. The molecule has 0 amide bonds. The summed E-state index contributed by atoms with van der Waals surface area (Å²) in [6.45, 7) is 6.78. The van der Waals surface area contributed by atoms with E-state index < -0.39 is 14.2 Å². The molecule has 0 aliphatic heterocycles. The minimum Gasteiger partial charge on any atom is -0.384 e. The molecular weight excluding hydrogens is 356 g/mol. The number of aliphatic hydroxyl groups is 1. The summed E-state index contributed by atoms with van der Waals surface area (Å²) >= 11 is 0. The van der Waals surface area contributed by atoms with Crippen molar-refractivity contribution in [3.63, 3.8) is 0 Å². The summed E-state index contributed by atoms with van der Waals surface area (Å²) in [6.07, 6.45) is -0.625. The van der Waals surface area contributed by atoms with Crippen LogP contribution in [0.15, 0.2) is 66.7 Å². The Balaban J connectivity index is 1.97. The minimum absolute atomic E-state index is 0.625. The van der Waals surface area contributed by atoms with E-state index in [1.54, 1.807) is 0 Å². The highest BCUT2D eigenvalue weighted by Crippen LogP contribution is 2.48. The molecule has 0 saturated carbocycles. The van der Waals surface area contributed by atoms with E-state index in [9.17, 15) is 5.11 Å². The fourth-order valence-electron chi connectivity index (χ4n) is 4.21. The standard InChI is InChI=1S/C26H22OSi/c1-28(2,3)15-14-22-24-18(13-12-17-8-4-5-9-19(17)24)16-23-20-10-6-7-11-21(20)26(27)25(22)23/h4-13,16,26-27H,1-3H3. The maximum Gasteiger partial charge on any atom is 0.129 e. The van der Waals surface area contributed by atoms with Crippen molar-refractivity contribution in [3.8, 4) is 22.6 Å². The van der Waals surface area contributed by atoms with Gasteiger partial charge in [-0.25, -0.2) is 0 Å². The van der Waals surface area contributed by atoms with E-state index in [0.29, 0.717) is 0 Å². The third-order valence-corrected chi connectivity index (χ3v) is 6.33. The van der Waals surface area contributed by atoms with Crippen molar-refractivity contribution < 1.29 is 5.11 Å². The van der Waals surface area contributed by atoms with Crippen LogP contribution in [0.5, 0.6) is 0 Å². The molecule has 28 heavy (non-hydrogen) atoms. The van der Waals surface area contributed by atoms with Gasteiger partial charge in [-0.3, -0.25) is 0 Å². The molecule has 4 aromatic carbocycles. The summed E-state index contributed by atoms with van der Waals surface area (Å²) < 4.78 is 0. The first-order chi connectivity index (χ1) is 13.4. The maximum absolute atomic E-state index is 11.2. The van der Waals surface area contributed by atoms with E-state index in [4.69, 9.17) is 0 Å². The third-order valence-electron chi connectivity index (χ3n) is 5.45. The molecule has 2 heteroatoms. The van der Waals surface area contributed by atoms with Crippen molar-refractivity contribution in [2.24, 2.45) is 0 Å². The zero-order chi connectivity index (χ0) is 19.5. The van der Waals surface area contributed by atoms with Gasteiger partial charge in [0.05, 0.1) is 0 Å². The van der Waals surface area contributed by atoms with Crippen LogP contribution in [0.4, 0.5) is 0 Å². The summed E-state index contributed by atoms with van der Waals surface area (Å²) in [5.74, 6) is 3.54. The lowest BCUT2D eigenvalue weighted by molar-refractivity contribution is 0.225. The second-order valence-electron chi connectivity index (χ2n) is 8.59. The smallest absolute Gasteiger partial charge is 0.129 e. The van der Waals surface area contributed by atoms with E-state index in [1.165, 1.54) is 16.2 Å². The molecule has 0 bridgehead atoms. The minimum atomic E-state index is -1.57. The van der Waals surface area contributed by atoms with Gasteiger partial charge in [0.1, 0.15) is 14.2 Å². The normalized spacial score (nSPS) is 15.2. The van der Waals surface area contributed by atoms with Gasteiger partial charge in [0.15, 0.2) is 0 Å². The van der Waals surface area contributed by atoms with Gasteiger partial charge < -0.3 is 5.11 Å². The number of hydrogen-bond donors (Lipinski definition) is 1. The van der Waals surface area contributed by atoms with Gasteiger partial charge in [-0.05, 0) is 38.9 Å². The zero-order valence-electron chi connectivity index (χ0n) is 16.4. The number of aliphatic hydroxyl groups excluding tert-OH is 1. The highest BCUT2D eigenvalue weighted by molar-refractivity contribution is 6.83. The summed E-state index contributed by atoms with van der Waals surface area (Å²) in [5, 5.41) is 16.0. The van der Waals surface area contributed by atoms with Crippen LogP contribution in [0.1, 0.15) is 22.8 Å². The molecule has 1 atom stereocenters. The van der Waals surface area contributed by atoms with E-state index in [-0.39, 0.29) is 0 Å². The molecule has 0 spiro atoms. The van der Waals surface area contributed by atoms with Crippen LogP contribution in [-0.2, 0) is 0 Å². The molecule has 0 saturated heterocycles. The molecule has 1 aliphatic carbocycles. The van der Waals surface area contributed by atoms with Crippen molar-refractivity contribution in [2.75, 3.05) is 0 Å². The fraction of sp³-hybridized carbons (Fsp3) is 0.154. The van der Waals surface area contributed by atoms with Gasteiger partial charge >= 0.3 is 0 Å². The molecule has 136 valence electrons. The molecule has 0 radical (unpaired) electrons. The van der Waals surface area contributed by atoms with Crippen LogP contribution < -0.4 is 0 Å². The Hall–Kier alpha value is -2.86. The number of benzene rings is 4. The summed E-state index contributed by atoms with van der Waals surface area (Å²) in [7, 11) is -1.57. The van der Waals surface area contributed by atoms with Crippen molar-refractivity contribution in [1.82, 2.24) is 0 Å². The lowest BCUT2D eigenvalue weighted by Crippen LogP contribution is -2.16. The lowest BCUT2D eigenvalue weighted by atomic mass is 9.90. The lowest BCUT2D eigenvalue weighted by Gasteiger charge is -2.14. The zero-order valence-corrected chi connectivity index (χ0v) is 17.4. The second kappa shape index (κ2) is 6.07. The molecule has 5 rings (SSSR count). The number of hydrogen-bond acceptors (Lipinski definition) is 1. The molecule has 1 aliphatic rings. The summed E-state index contributed by atoms with van der Waals surface area (Å²) in [5.41, 5.74) is 8.73. The predicted octanol–water partition coefficient (Wildman–Crippen LogP) is 6.28. The Bertz CT molecular complexity index is 1320. The molecule has 1 N–H and O–H groups in total. The Morgan fingerprint density at radius 2 is 1.54 bits per heavy atom. The van der Waals surface area contributed by atoms with Gasteiger partial charge in [0, 0.05) is 16.5 Å². The maximum atomic E-state index is 11.2. The molecular formula is C26H22OSi. The van der Waals surface area contributed by atoms with Crippen LogP contribution in [-0.4, -0.2) is 13.2 Å². The van der Waals surface area contributed by atoms with Crippen LogP contribution in [0, 0.1) is 11.5 Å². The highest BCUT2D eigenvalue weighted by atomic mass is 28.3. The van der Waals surface area contributed by atoms with Gasteiger partial charge in [0.25, 0.3) is 0 Å². The van der Waals surface area contributed by atoms with Crippen molar-refractivity contribution in [1.29, 1.82) is 0 Å². The van der Waals surface area contributed by atoms with E-state index in [2.05, 4.69) is 79.6 Å². The number of rotatable bonds is 0. The molecule has 1 nitrogen and oxygen atoms in total. The first kappa shape index (κ1) is 17.2. The van der Waals surface area contributed by atoms with Crippen molar-refractivity contribution in [2.45, 2.75) is 25.7 Å².